The molecule has 0 saturated heterocycles. The largest absolute Gasteiger partial charge is 0.481 e. The van der Waals surface area contributed by atoms with Crippen LogP contribution >= 0.6 is 0 Å². The molecule has 22 heavy (non-hydrogen) atoms. The molecule has 0 amide bonds. The van der Waals surface area contributed by atoms with Crippen LogP contribution in [-0.4, -0.2) is 17.1 Å². The van der Waals surface area contributed by atoms with Crippen LogP contribution in [0.3, 0.4) is 0 Å². The Morgan fingerprint density at radius 1 is 1.09 bits per heavy atom. The monoisotopic (exact) mass is 295 g/mol. The van der Waals surface area contributed by atoms with Crippen molar-refractivity contribution >= 4 is 12.0 Å². The van der Waals surface area contributed by atoms with Crippen molar-refractivity contribution in [1.82, 2.24) is 5.32 Å². The first-order chi connectivity index (χ1) is 10.6. The van der Waals surface area contributed by atoms with Crippen molar-refractivity contribution < 1.29 is 9.90 Å². The molecule has 1 atom stereocenters. The Kier molecular flexibility index (Phi) is 5.92. The zero-order valence-corrected chi connectivity index (χ0v) is 12.7. The maximum absolute atomic E-state index is 11.1. The number of benzene rings is 2. The van der Waals surface area contributed by atoms with Gasteiger partial charge < -0.3 is 10.4 Å². The van der Waals surface area contributed by atoms with Gasteiger partial charge in [-0.1, -0.05) is 72.3 Å². The maximum Gasteiger partial charge on any atom is 0.305 e. The average molecular weight is 295 g/mol. The third-order valence-electron chi connectivity index (χ3n) is 3.52. The molecule has 0 aliphatic carbocycles. The van der Waals surface area contributed by atoms with Crippen molar-refractivity contribution in [3.05, 3.63) is 77.4 Å². The number of carbonyl (C=O) groups is 1. The lowest BCUT2D eigenvalue weighted by molar-refractivity contribution is -0.137. The van der Waals surface area contributed by atoms with Crippen molar-refractivity contribution in [3.8, 4) is 0 Å². The highest BCUT2D eigenvalue weighted by Gasteiger charge is 2.14. The van der Waals surface area contributed by atoms with E-state index in [1.54, 1.807) is 0 Å². The van der Waals surface area contributed by atoms with E-state index in [9.17, 15) is 4.79 Å². The first-order valence-corrected chi connectivity index (χ1v) is 7.37. The highest BCUT2D eigenvalue weighted by atomic mass is 16.4. The molecule has 0 heterocycles. The summed E-state index contributed by atoms with van der Waals surface area (Å²) in [4.78, 5) is 11.1. The van der Waals surface area contributed by atoms with Gasteiger partial charge in [0.05, 0.1) is 6.42 Å². The molecule has 3 nitrogen and oxygen atoms in total. The van der Waals surface area contributed by atoms with Crippen LogP contribution < -0.4 is 5.32 Å². The molecule has 2 rings (SSSR count). The smallest absolute Gasteiger partial charge is 0.305 e. The van der Waals surface area contributed by atoms with Gasteiger partial charge in [-0.2, -0.15) is 0 Å². The lowest BCUT2D eigenvalue weighted by Gasteiger charge is -2.18. The predicted molar refractivity (Wildman–Crippen MR) is 89.4 cm³/mol. The van der Waals surface area contributed by atoms with Crippen LogP contribution in [0.4, 0.5) is 0 Å². The molecule has 2 N–H and O–H groups in total. The Balaban J connectivity index is 2.08. The first kappa shape index (κ1) is 16.0. The SMILES string of the molecule is C/C(=C\c1ccccc1)[C@@H](CC(=O)O)NCc1ccccc1. The first-order valence-electron chi connectivity index (χ1n) is 7.37. The van der Waals surface area contributed by atoms with Gasteiger partial charge in [0.1, 0.15) is 0 Å². The van der Waals surface area contributed by atoms with Gasteiger partial charge in [0, 0.05) is 12.6 Å². The number of carboxylic acids is 1. The van der Waals surface area contributed by atoms with E-state index in [2.05, 4.69) is 5.32 Å². The molecule has 0 aliphatic heterocycles. The van der Waals surface area contributed by atoms with E-state index >= 15 is 0 Å². The lowest BCUT2D eigenvalue weighted by Crippen LogP contribution is -2.32. The number of hydrogen-bond acceptors (Lipinski definition) is 2. The zero-order valence-electron chi connectivity index (χ0n) is 12.7. The van der Waals surface area contributed by atoms with Crippen LogP contribution in [-0.2, 0) is 11.3 Å². The van der Waals surface area contributed by atoms with Crippen molar-refractivity contribution in [3.63, 3.8) is 0 Å². The summed E-state index contributed by atoms with van der Waals surface area (Å²) in [6, 6.07) is 19.8. The fourth-order valence-corrected chi connectivity index (χ4v) is 2.32. The summed E-state index contributed by atoms with van der Waals surface area (Å²) in [5, 5.41) is 12.5. The number of hydrogen-bond donors (Lipinski definition) is 2. The fourth-order valence-electron chi connectivity index (χ4n) is 2.32. The van der Waals surface area contributed by atoms with Gasteiger partial charge >= 0.3 is 5.97 Å². The minimum atomic E-state index is -0.800. The molecule has 0 unspecified atom stereocenters. The van der Waals surface area contributed by atoms with Gasteiger partial charge in [0.2, 0.25) is 0 Å². The topological polar surface area (TPSA) is 49.3 Å². The number of rotatable bonds is 7. The molecular weight excluding hydrogens is 274 g/mol. The minimum Gasteiger partial charge on any atom is -0.481 e. The van der Waals surface area contributed by atoms with E-state index < -0.39 is 5.97 Å². The van der Waals surface area contributed by atoms with E-state index in [-0.39, 0.29) is 12.5 Å². The van der Waals surface area contributed by atoms with Gasteiger partial charge in [-0.25, -0.2) is 0 Å². The van der Waals surface area contributed by atoms with Gasteiger partial charge in [-0.15, -0.1) is 0 Å². The molecule has 0 aromatic heterocycles. The summed E-state index contributed by atoms with van der Waals surface area (Å²) in [5.74, 6) is -0.800. The quantitative estimate of drug-likeness (QED) is 0.818. The molecule has 0 spiro atoms. The standard InChI is InChI=1S/C19H21NO2/c1-15(12-16-8-4-2-5-9-16)18(13-19(21)22)20-14-17-10-6-3-7-11-17/h2-12,18,20H,13-14H2,1H3,(H,21,22)/b15-12+/t18-/m1/s1. The summed E-state index contributed by atoms with van der Waals surface area (Å²) < 4.78 is 0. The summed E-state index contributed by atoms with van der Waals surface area (Å²) in [6.45, 7) is 2.62. The van der Waals surface area contributed by atoms with Crippen molar-refractivity contribution in [1.29, 1.82) is 0 Å². The maximum atomic E-state index is 11.1. The molecule has 0 radical (unpaired) electrons. The van der Waals surface area contributed by atoms with Gasteiger partial charge in [0.25, 0.3) is 0 Å². The predicted octanol–water partition coefficient (Wildman–Crippen LogP) is 3.72. The number of carboxylic acid groups (broad SMARTS) is 1. The fraction of sp³-hybridized carbons (Fsp3) is 0.211. The highest BCUT2D eigenvalue weighted by Crippen LogP contribution is 2.13. The molecule has 0 fully saturated rings. The molecular formula is C19H21NO2. The summed E-state index contributed by atoms with van der Waals surface area (Å²) in [5.41, 5.74) is 3.24. The Bertz CT molecular complexity index is 620. The molecule has 0 aliphatic rings. The highest BCUT2D eigenvalue weighted by molar-refractivity contribution is 5.69. The molecule has 0 saturated carbocycles. The van der Waals surface area contributed by atoms with Crippen LogP contribution in [0.25, 0.3) is 6.08 Å². The lowest BCUT2D eigenvalue weighted by atomic mass is 10.0. The van der Waals surface area contributed by atoms with E-state index in [1.165, 1.54) is 0 Å². The van der Waals surface area contributed by atoms with Crippen LogP contribution in [0.15, 0.2) is 66.2 Å². The van der Waals surface area contributed by atoms with Crippen molar-refractivity contribution in [2.45, 2.75) is 25.9 Å². The van der Waals surface area contributed by atoms with Crippen LogP contribution in [0.5, 0.6) is 0 Å². The summed E-state index contributed by atoms with van der Waals surface area (Å²) >= 11 is 0. The Morgan fingerprint density at radius 2 is 1.68 bits per heavy atom. The summed E-state index contributed by atoms with van der Waals surface area (Å²) in [7, 11) is 0. The Hall–Kier alpha value is -2.39. The average Bonchev–Trinajstić information content (AvgIpc) is 2.53. The van der Waals surface area contributed by atoms with Crippen LogP contribution in [0.2, 0.25) is 0 Å². The third-order valence-corrected chi connectivity index (χ3v) is 3.52. The molecule has 114 valence electrons. The molecule has 0 bridgehead atoms. The van der Waals surface area contributed by atoms with E-state index in [4.69, 9.17) is 5.11 Å². The number of aliphatic carboxylic acids is 1. The van der Waals surface area contributed by atoms with Gasteiger partial charge in [-0.05, 0) is 18.1 Å². The van der Waals surface area contributed by atoms with E-state index in [0.29, 0.717) is 6.54 Å². The number of nitrogens with one attached hydrogen (secondary N) is 1. The van der Waals surface area contributed by atoms with E-state index in [0.717, 1.165) is 16.7 Å². The molecule has 2 aromatic rings. The Labute approximate surface area is 131 Å². The summed E-state index contributed by atoms with van der Waals surface area (Å²) in [6.07, 6.45) is 2.10. The zero-order chi connectivity index (χ0) is 15.8. The van der Waals surface area contributed by atoms with Gasteiger partial charge in [0.15, 0.2) is 0 Å². The van der Waals surface area contributed by atoms with Crippen LogP contribution in [0.1, 0.15) is 24.5 Å². The normalized spacial score (nSPS) is 12.9. The van der Waals surface area contributed by atoms with Crippen molar-refractivity contribution in [2.75, 3.05) is 0 Å². The third kappa shape index (κ3) is 5.19. The van der Waals surface area contributed by atoms with Gasteiger partial charge in [-0.3, -0.25) is 4.79 Å². The minimum absolute atomic E-state index is 0.0714. The molecule has 3 heteroatoms. The second kappa shape index (κ2) is 8.15. The second-order valence-electron chi connectivity index (χ2n) is 5.32. The second-order valence-corrected chi connectivity index (χ2v) is 5.32. The molecule has 2 aromatic carbocycles. The van der Waals surface area contributed by atoms with E-state index in [1.807, 2.05) is 73.7 Å². The van der Waals surface area contributed by atoms with Crippen LogP contribution in [0, 0.1) is 0 Å². The van der Waals surface area contributed by atoms with Crippen molar-refractivity contribution in [2.24, 2.45) is 0 Å². The Morgan fingerprint density at radius 3 is 2.27 bits per heavy atom.